The summed E-state index contributed by atoms with van der Waals surface area (Å²) in [6.07, 6.45) is 3.60. The van der Waals surface area contributed by atoms with Crippen LogP contribution in [0.15, 0.2) is 24.3 Å². The van der Waals surface area contributed by atoms with E-state index in [-0.39, 0.29) is 6.10 Å². The van der Waals surface area contributed by atoms with E-state index in [0.717, 1.165) is 30.2 Å². The predicted octanol–water partition coefficient (Wildman–Crippen LogP) is 2.26. The highest BCUT2D eigenvalue weighted by atomic mass is 16.5. The van der Waals surface area contributed by atoms with Crippen molar-refractivity contribution >= 4 is 12.0 Å². The lowest BCUT2D eigenvalue weighted by atomic mass is 10.1. The van der Waals surface area contributed by atoms with Gasteiger partial charge in [-0.1, -0.05) is 11.6 Å². The van der Waals surface area contributed by atoms with Gasteiger partial charge in [0.1, 0.15) is 11.9 Å². The van der Waals surface area contributed by atoms with Crippen molar-refractivity contribution in [3.63, 3.8) is 0 Å². The average molecular weight is 248 g/mol. The van der Waals surface area contributed by atoms with Crippen LogP contribution in [0.5, 0.6) is 5.75 Å². The monoisotopic (exact) mass is 248 g/mol. The van der Waals surface area contributed by atoms with Gasteiger partial charge in [-0.15, -0.1) is 0 Å². The summed E-state index contributed by atoms with van der Waals surface area (Å²) in [6.45, 7) is 3.27. The molecule has 1 aromatic rings. The molecule has 0 radical (unpaired) electrons. The minimum Gasteiger partial charge on any atom is -0.487 e. The first-order valence-corrected chi connectivity index (χ1v) is 5.91. The van der Waals surface area contributed by atoms with Crippen LogP contribution in [-0.4, -0.2) is 30.4 Å². The molecule has 1 aliphatic heterocycles. The summed E-state index contributed by atoms with van der Waals surface area (Å²) in [7, 11) is 0. The number of rotatable bonds is 4. The van der Waals surface area contributed by atoms with Crippen LogP contribution in [0, 0.1) is 6.92 Å². The molecule has 2 rings (SSSR count). The smallest absolute Gasteiger partial charge is 0.328 e. The molecule has 1 atom stereocenters. The average Bonchev–Trinajstić information content (AvgIpc) is 2.82. The Hall–Kier alpha value is -1.81. The standard InChI is InChI=1S/C14H16O4/c1-10-2-4-13(18-12-6-7-17-9-12)11(8-10)3-5-14(15)16/h2-5,8,12H,6-7,9H2,1H3,(H,15,16). The fraction of sp³-hybridized carbons (Fsp3) is 0.357. The first-order chi connectivity index (χ1) is 8.65. The number of aliphatic carboxylic acids is 1. The second-order valence-electron chi connectivity index (χ2n) is 4.32. The van der Waals surface area contributed by atoms with Crippen LogP contribution in [0.1, 0.15) is 17.5 Å². The maximum atomic E-state index is 10.6. The van der Waals surface area contributed by atoms with Crippen molar-refractivity contribution in [1.82, 2.24) is 0 Å². The molecule has 0 saturated carbocycles. The Morgan fingerprint density at radius 1 is 1.56 bits per heavy atom. The SMILES string of the molecule is Cc1ccc(OC2CCOC2)c(C=CC(=O)O)c1. The molecular weight excluding hydrogens is 232 g/mol. The van der Waals surface area contributed by atoms with E-state index in [0.29, 0.717) is 12.4 Å². The maximum Gasteiger partial charge on any atom is 0.328 e. The molecule has 96 valence electrons. The Morgan fingerprint density at radius 3 is 3.06 bits per heavy atom. The van der Waals surface area contributed by atoms with Crippen LogP contribution >= 0.6 is 0 Å². The van der Waals surface area contributed by atoms with E-state index >= 15 is 0 Å². The van der Waals surface area contributed by atoms with Gasteiger partial charge >= 0.3 is 5.97 Å². The van der Waals surface area contributed by atoms with Crippen LogP contribution in [-0.2, 0) is 9.53 Å². The van der Waals surface area contributed by atoms with Crippen LogP contribution in [0.4, 0.5) is 0 Å². The Labute approximate surface area is 106 Å². The summed E-state index contributed by atoms with van der Waals surface area (Å²) >= 11 is 0. The van der Waals surface area contributed by atoms with Gasteiger partial charge in [-0.25, -0.2) is 4.79 Å². The third-order valence-electron chi connectivity index (χ3n) is 2.75. The Kier molecular flexibility index (Phi) is 3.99. The minimum absolute atomic E-state index is 0.0599. The molecule has 0 aliphatic carbocycles. The van der Waals surface area contributed by atoms with Crippen LogP contribution in [0.3, 0.4) is 0 Å². The van der Waals surface area contributed by atoms with Gasteiger partial charge in [0.2, 0.25) is 0 Å². The zero-order chi connectivity index (χ0) is 13.0. The van der Waals surface area contributed by atoms with E-state index in [9.17, 15) is 4.79 Å². The molecular formula is C14H16O4. The fourth-order valence-electron chi connectivity index (χ4n) is 1.85. The molecule has 1 aromatic carbocycles. The summed E-state index contributed by atoms with van der Waals surface area (Å²) in [5.74, 6) is -0.264. The summed E-state index contributed by atoms with van der Waals surface area (Å²) in [4.78, 5) is 10.6. The Balaban J connectivity index is 2.19. The highest BCUT2D eigenvalue weighted by Crippen LogP contribution is 2.24. The molecule has 1 unspecified atom stereocenters. The molecule has 0 spiro atoms. The number of ether oxygens (including phenoxy) is 2. The molecule has 18 heavy (non-hydrogen) atoms. The molecule has 0 aromatic heterocycles. The van der Waals surface area contributed by atoms with Gasteiger partial charge in [-0.3, -0.25) is 0 Å². The zero-order valence-corrected chi connectivity index (χ0v) is 10.3. The van der Waals surface area contributed by atoms with Crippen molar-refractivity contribution in [2.24, 2.45) is 0 Å². The zero-order valence-electron chi connectivity index (χ0n) is 10.3. The van der Waals surface area contributed by atoms with Gasteiger partial charge in [0.15, 0.2) is 0 Å². The number of carboxylic acid groups (broad SMARTS) is 1. The van der Waals surface area contributed by atoms with Crippen molar-refractivity contribution in [1.29, 1.82) is 0 Å². The number of hydrogen-bond acceptors (Lipinski definition) is 3. The lowest BCUT2D eigenvalue weighted by Crippen LogP contribution is -2.16. The van der Waals surface area contributed by atoms with Gasteiger partial charge < -0.3 is 14.6 Å². The normalized spacial score (nSPS) is 19.3. The quantitative estimate of drug-likeness (QED) is 0.830. The van der Waals surface area contributed by atoms with Gasteiger partial charge in [0, 0.05) is 18.1 Å². The molecule has 4 heteroatoms. The van der Waals surface area contributed by atoms with E-state index in [2.05, 4.69) is 0 Å². The van der Waals surface area contributed by atoms with Gasteiger partial charge in [0.25, 0.3) is 0 Å². The number of carboxylic acids is 1. The molecule has 0 amide bonds. The van der Waals surface area contributed by atoms with Crippen molar-refractivity contribution in [2.45, 2.75) is 19.4 Å². The third kappa shape index (κ3) is 3.34. The lowest BCUT2D eigenvalue weighted by Gasteiger charge is -2.14. The van der Waals surface area contributed by atoms with Crippen LogP contribution in [0.2, 0.25) is 0 Å². The fourth-order valence-corrected chi connectivity index (χ4v) is 1.85. The van der Waals surface area contributed by atoms with Gasteiger partial charge in [-0.05, 0) is 25.1 Å². The van der Waals surface area contributed by atoms with Gasteiger partial charge in [-0.2, -0.15) is 0 Å². The van der Waals surface area contributed by atoms with Crippen LogP contribution in [0.25, 0.3) is 6.08 Å². The molecule has 1 N–H and O–H groups in total. The summed E-state index contributed by atoms with van der Waals surface area (Å²) in [6, 6.07) is 5.73. The molecule has 1 aliphatic rings. The summed E-state index contributed by atoms with van der Waals surface area (Å²) in [5, 5.41) is 8.67. The van der Waals surface area contributed by atoms with E-state index in [4.69, 9.17) is 14.6 Å². The molecule has 0 bridgehead atoms. The Bertz CT molecular complexity index is 459. The second kappa shape index (κ2) is 5.69. The minimum atomic E-state index is -0.966. The second-order valence-corrected chi connectivity index (χ2v) is 4.32. The number of aryl methyl sites for hydroxylation is 1. The summed E-state index contributed by atoms with van der Waals surface area (Å²) < 4.78 is 11.1. The molecule has 1 fully saturated rings. The maximum absolute atomic E-state index is 10.6. The van der Waals surface area contributed by atoms with E-state index in [1.54, 1.807) is 6.08 Å². The number of benzene rings is 1. The van der Waals surface area contributed by atoms with E-state index < -0.39 is 5.97 Å². The van der Waals surface area contributed by atoms with Gasteiger partial charge in [0.05, 0.1) is 13.2 Å². The molecule has 4 nitrogen and oxygen atoms in total. The third-order valence-corrected chi connectivity index (χ3v) is 2.75. The topological polar surface area (TPSA) is 55.8 Å². The lowest BCUT2D eigenvalue weighted by molar-refractivity contribution is -0.131. The highest BCUT2D eigenvalue weighted by molar-refractivity contribution is 5.85. The van der Waals surface area contributed by atoms with Crippen molar-refractivity contribution in [3.05, 3.63) is 35.4 Å². The van der Waals surface area contributed by atoms with E-state index in [1.807, 2.05) is 25.1 Å². The predicted molar refractivity (Wildman–Crippen MR) is 67.7 cm³/mol. The van der Waals surface area contributed by atoms with Crippen molar-refractivity contribution in [3.8, 4) is 5.75 Å². The first-order valence-electron chi connectivity index (χ1n) is 5.91. The van der Waals surface area contributed by atoms with Crippen molar-refractivity contribution < 1.29 is 19.4 Å². The largest absolute Gasteiger partial charge is 0.487 e. The number of carbonyl (C=O) groups is 1. The van der Waals surface area contributed by atoms with Crippen molar-refractivity contribution in [2.75, 3.05) is 13.2 Å². The number of hydrogen-bond donors (Lipinski definition) is 1. The Morgan fingerprint density at radius 2 is 2.39 bits per heavy atom. The summed E-state index contributed by atoms with van der Waals surface area (Å²) in [5.41, 5.74) is 1.85. The van der Waals surface area contributed by atoms with Crippen LogP contribution < -0.4 is 4.74 Å². The molecule has 1 saturated heterocycles. The van der Waals surface area contributed by atoms with E-state index in [1.165, 1.54) is 0 Å². The molecule has 1 heterocycles. The first kappa shape index (κ1) is 12.6. The highest BCUT2D eigenvalue weighted by Gasteiger charge is 2.18.